The predicted molar refractivity (Wildman–Crippen MR) is 107 cm³/mol. The zero-order valence-corrected chi connectivity index (χ0v) is 17.4. The quantitative estimate of drug-likeness (QED) is 0.196. The first kappa shape index (κ1) is 24.9. The second-order valence-corrected chi connectivity index (χ2v) is 7.18. The van der Waals surface area contributed by atoms with Crippen molar-refractivity contribution in [2.45, 2.75) is 117 Å². The van der Waals surface area contributed by atoms with Crippen molar-refractivity contribution in [3.63, 3.8) is 0 Å². The van der Waals surface area contributed by atoms with Crippen molar-refractivity contribution >= 4 is 11.9 Å². The Kier molecular flexibility index (Phi) is 19.4. The van der Waals surface area contributed by atoms with Crippen LogP contribution in [0, 0.1) is 0 Å². The molecule has 0 saturated heterocycles. The van der Waals surface area contributed by atoms with Gasteiger partial charge in [-0.1, -0.05) is 84.5 Å². The van der Waals surface area contributed by atoms with E-state index in [2.05, 4.69) is 13.8 Å². The highest BCUT2D eigenvalue weighted by molar-refractivity contribution is 5.72. The van der Waals surface area contributed by atoms with E-state index in [-0.39, 0.29) is 11.9 Å². The third-order valence-electron chi connectivity index (χ3n) is 4.53. The molecule has 154 valence electrons. The van der Waals surface area contributed by atoms with Crippen LogP contribution in [0.4, 0.5) is 0 Å². The first-order valence-electron chi connectivity index (χ1n) is 11.0. The maximum absolute atomic E-state index is 11.6. The SMILES string of the molecule is CCCCCCCCCCOC(=O)CCCC(=O)OCCCCCCC. The lowest BCUT2D eigenvalue weighted by atomic mass is 10.1. The van der Waals surface area contributed by atoms with E-state index in [9.17, 15) is 9.59 Å². The number of hydrogen-bond acceptors (Lipinski definition) is 4. The van der Waals surface area contributed by atoms with Crippen molar-refractivity contribution in [3.05, 3.63) is 0 Å². The minimum Gasteiger partial charge on any atom is -0.466 e. The normalized spacial score (nSPS) is 10.7. The molecule has 0 spiro atoms. The van der Waals surface area contributed by atoms with E-state index < -0.39 is 0 Å². The number of rotatable bonds is 19. The molecule has 0 radical (unpaired) electrons. The van der Waals surface area contributed by atoms with E-state index in [1.54, 1.807) is 0 Å². The van der Waals surface area contributed by atoms with Gasteiger partial charge in [0.1, 0.15) is 0 Å². The summed E-state index contributed by atoms with van der Waals surface area (Å²) >= 11 is 0. The second-order valence-electron chi connectivity index (χ2n) is 7.18. The average Bonchev–Trinajstić information content (AvgIpc) is 2.63. The van der Waals surface area contributed by atoms with Crippen LogP contribution in [-0.2, 0) is 19.1 Å². The van der Waals surface area contributed by atoms with E-state index in [1.807, 2.05) is 0 Å². The van der Waals surface area contributed by atoms with Gasteiger partial charge in [-0.05, 0) is 19.3 Å². The predicted octanol–water partition coefficient (Wildman–Crippen LogP) is 6.35. The summed E-state index contributed by atoms with van der Waals surface area (Å²) in [5, 5.41) is 0. The molecule has 0 aromatic rings. The minimum atomic E-state index is -0.198. The molecule has 0 aromatic carbocycles. The molecule has 4 nitrogen and oxygen atoms in total. The van der Waals surface area contributed by atoms with E-state index in [0.29, 0.717) is 32.5 Å². The molecule has 0 heterocycles. The van der Waals surface area contributed by atoms with Crippen LogP contribution in [0.25, 0.3) is 0 Å². The van der Waals surface area contributed by atoms with Gasteiger partial charge in [0.15, 0.2) is 0 Å². The number of unbranched alkanes of at least 4 members (excludes halogenated alkanes) is 11. The van der Waals surface area contributed by atoms with Gasteiger partial charge < -0.3 is 9.47 Å². The van der Waals surface area contributed by atoms with E-state index >= 15 is 0 Å². The fourth-order valence-corrected chi connectivity index (χ4v) is 2.83. The summed E-state index contributed by atoms with van der Waals surface area (Å²) in [5.41, 5.74) is 0. The van der Waals surface area contributed by atoms with Crippen molar-refractivity contribution < 1.29 is 19.1 Å². The molecule has 0 fully saturated rings. The van der Waals surface area contributed by atoms with Gasteiger partial charge in [-0.25, -0.2) is 0 Å². The van der Waals surface area contributed by atoms with Crippen LogP contribution in [-0.4, -0.2) is 25.2 Å². The topological polar surface area (TPSA) is 52.6 Å². The van der Waals surface area contributed by atoms with Crippen molar-refractivity contribution in [2.24, 2.45) is 0 Å². The molecule has 0 atom stereocenters. The number of carbonyl (C=O) groups excluding carboxylic acids is 2. The van der Waals surface area contributed by atoms with Gasteiger partial charge in [0.05, 0.1) is 13.2 Å². The highest BCUT2D eigenvalue weighted by Gasteiger charge is 2.07. The molecule has 0 saturated carbocycles. The molecule has 4 heteroatoms. The van der Waals surface area contributed by atoms with Crippen molar-refractivity contribution in [1.82, 2.24) is 0 Å². The minimum absolute atomic E-state index is 0.194. The van der Waals surface area contributed by atoms with Crippen LogP contribution in [0.5, 0.6) is 0 Å². The van der Waals surface area contributed by atoms with Crippen LogP contribution in [0.2, 0.25) is 0 Å². The first-order valence-corrected chi connectivity index (χ1v) is 11.0. The lowest BCUT2D eigenvalue weighted by molar-refractivity contribution is -0.145. The molecule has 0 bridgehead atoms. The van der Waals surface area contributed by atoms with Gasteiger partial charge in [0, 0.05) is 12.8 Å². The van der Waals surface area contributed by atoms with Crippen LogP contribution in [0.3, 0.4) is 0 Å². The maximum Gasteiger partial charge on any atom is 0.305 e. The summed E-state index contributed by atoms with van der Waals surface area (Å²) in [4.78, 5) is 23.2. The molecule has 0 amide bonds. The smallest absolute Gasteiger partial charge is 0.305 e. The van der Waals surface area contributed by atoms with Gasteiger partial charge in [-0.15, -0.1) is 0 Å². The molecule has 0 N–H and O–H groups in total. The summed E-state index contributed by atoms with van der Waals surface area (Å²) in [6.45, 7) is 5.43. The van der Waals surface area contributed by atoms with Gasteiger partial charge >= 0.3 is 11.9 Å². The monoisotopic (exact) mass is 370 g/mol. The Bertz CT molecular complexity index is 328. The zero-order chi connectivity index (χ0) is 19.3. The van der Waals surface area contributed by atoms with Gasteiger partial charge in [-0.2, -0.15) is 0 Å². The van der Waals surface area contributed by atoms with Gasteiger partial charge in [-0.3, -0.25) is 9.59 Å². The van der Waals surface area contributed by atoms with E-state index in [1.165, 1.54) is 57.8 Å². The third-order valence-corrected chi connectivity index (χ3v) is 4.53. The summed E-state index contributed by atoms with van der Waals surface area (Å²) in [7, 11) is 0. The summed E-state index contributed by atoms with van der Waals surface area (Å²) in [6, 6.07) is 0. The van der Waals surface area contributed by atoms with Crippen LogP contribution >= 0.6 is 0 Å². The van der Waals surface area contributed by atoms with Crippen molar-refractivity contribution in [3.8, 4) is 0 Å². The molecule has 0 unspecified atom stereocenters. The molecule has 0 aliphatic heterocycles. The Hall–Kier alpha value is -1.06. The number of hydrogen-bond donors (Lipinski definition) is 0. The molecule has 0 aromatic heterocycles. The average molecular weight is 371 g/mol. The lowest BCUT2D eigenvalue weighted by Crippen LogP contribution is -2.09. The lowest BCUT2D eigenvalue weighted by Gasteiger charge is -2.06. The standard InChI is InChI=1S/C22H42O4/c1-3-5-7-9-10-11-13-15-20-26-22(24)18-16-17-21(23)25-19-14-12-8-6-4-2/h3-20H2,1-2H3. The Morgan fingerprint density at radius 3 is 1.23 bits per heavy atom. The molecule has 0 aliphatic rings. The Morgan fingerprint density at radius 1 is 0.500 bits per heavy atom. The number of esters is 2. The number of carbonyl (C=O) groups is 2. The van der Waals surface area contributed by atoms with E-state index in [0.717, 1.165) is 25.7 Å². The van der Waals surface area contributed by atoms with Crippen LogP contribution < -0.4 is 0 Å². The second kappa shape index (κ2) is 20.3. The Labute approximate surface area is 161 Å². The zero-order valence-electron chi connectivity index (χ0n) is 17.4. The van der Waals surface area contributed by atoms with Crippen molar-refractivity contribution in [1.29, 1.82) is 0 Å². The van der Waals surface area contributed by atoms with Crippen LogP contribution in [0.15, 0.2) is 0 Å². The molecule has 0 rings (SSSR count). The largest absolute Gasteiger partial charge is 0.466 e. The molecule has 26 heavy (non-hydrogen) atoms. The molecular formula is C22H42O4. The first-order chi connectivity index (χ1) is 12.7. The molecule has 0 aliphatic carbocycles. The summed E-state index contributed by atoms with van der Waals surface area (Å²) in [6.07, 6.45) is 16.7. The van der Waals surface area contributed by atoms with Gasteiger partial charge in [0.25, 0.3) is 0 Å². The fourth-order valence-electron chi connectivity index (χ4n) is 2.83. The Balaban J connectivity index is 3.31. The summed E-state index contributed by atoms with van der Waals surface area (Å²) in [5.74, 6) is -0.392. The third kappa shape index (κ3) is 19.3. The van der Waals surface area contributed by atoms with Crippen molar-refractivity contribution in [2.75, 3.05) is 13.2 Å². The van der Waals surface area contributed by atoms with Gasteiger partial charge in [0.2, 0.25) is 0 Å². The molecular weight excluding hydrogens is 328 g/mol. The number of ether oxygens (including phenoxy) is 2. The fraction of sp³-hybridized carbons (Fsp3) is 0.909. The highest BCUT2D eigenvalue weighted by Crippen LogP contribution is 2.09. The van der Waals surface area contributed by atoms with Crippen LogP contribution in [0.1, 0.15) is 117 Å². The van der Waals surface area contributed by atoms with E-state index in [4.69, 9.17) is 9.47 Å². The highest BCUT2D eigenvalue weighted by atomic mass is 16.5. The summed E-state index contributed by atoms with van der Waals surface area (Å²) < 4.78 is 10.4. The Morgan fingerprint density at radius 2 is 0.846 bits per heavy atom. The maximum atomic E-state index is 11.6.